The van der Waals surface area contributed by atoms with Crippen molar-refractivity contribution < 1.29 is 14.4 Å². The number of benzene rings is 1. The summed E-state index contributed by atoms with van der Waals surface area (Å²) in [5.41, 5.74) is 3.82. The van der Waals surface area contributed by atoms with Crippen LogP contribution in [0.3, 0.4) is 0 Å². The van der Waals surface area contributed by atoms with Gasteiger partial charge in [0.25, 0.3) is 0 Å². The molecule has 0 aliphatic heterocycles. The molecule has 4 nitrogen and oxygen atoms in total. The van der Waals surface area contributed by atoms with E-state index in [2.05, 4.69) is 5.92 Å². The van der Waals surface area contributed by atoms with Gasteiger partial charge in [-0.25, -0.2) is 0 Å². The summed E-state index contributed by atoms with van der Waals surface area (Å²) in [6, 6.07) is 3.98. The van der Waals surface area contributed by atoms with Gasteiger partial charge in [0, 0.05) is 25.8 Å². The fourth-order valence-electron chi connectivity index (χ4n) is 3.57. The number of nitrogens with zero attached hydrogens (tertiary/aromatic N) is 1. The van der Waals surface area contributed by atoms with Gasteiger partial charge in [-0.1, -0.05) is 23.6 Å². The second-order valence-electron chi connectivity index (χ2n) is 6.67. The molecule has 1 saturated carbocycles. The van der Waals surface area contributed by atoms with Gasteiger partial charge in [0.1, 0.15) is 11.7 Å². The molecule has 0 heterocycles. The van der Waals surface area contributed by atoms with Gasteiger partial charge in [-0.15, -0.1) is 6.42 Å². The summed E-state index contributed by atoms with van der Waals surface area (Å²) >= 11 is 0. The molecular formula is C20H23NO3. The van der Waals surface area contributed by atoms with Gasteiger partial charge in [0.2, 0.25) is 5.91 Å². The van der Waals surface area contributed by atoms with E-state index in [9.17, 15) is 14.4 Å². The summed E-state index contributed by atoms with van der Waals surface area (Å²) in [6.45, 7) is 6.04. The second-order valence-corrected chi connectivity index (χ2v) is 6.67. The number of carbonyl (C=O) groups excluding carboxylic acids is 3. The molecule has 0 aromatic heterocycles. The largest absolute Gasteiger partial charge is 0.335 e. The Labute approximate surface area is 143 Å². The minimum atomic E-state index is -0.735. The number of rotatable bonds is 4. The number of hydrogen-bond acceptors (Lipinski definition) is 3. The number of aryl methyl sites for hydroxylation is 3. The van der Waals surface area contributed by atoms with Crippen molar-refractivity contribution >= 4 is 17.5 Å². The molecule has 0 saturated heterocycles. The maximum Gasteiger partial charge on any atom is 0.223 e. The minimum Gasteiger partial charge on any atom is -0.335 e. The monoisotopic (exact) mass is 325 g/mol. The average Bonchev–Trinajstić information content (AvgIpc) is 2.74. The van der Waals surface area contributed by atoms with Crippen LogP contribution in [0.15, 0.2) is 12.1 Å². The van der Waals surface area contributed by atoms with Crippen molar-refractivity contribution in [1.29, 1.82) is 0 Å². The first-order valence-corrected chi connectivity index (χ1v) is 8.07. The van der Waals surface area contributed by atoms with Crippen molar-refractivity contribution in [2.45, 2.75) is 39.5 Å². The van der Waals surface area contributed by atoms with E-state index < -0.39 is 11.8 Å². The SMILES string of the molecule is C#CCN(C)C(=O)CC1CC(=O)C(c2c(C)cc(C)cc2C)C1=O. The third-order valence-electron chi connectivity index (χ3n) is 4.66. The quantitative estimate of drug-likeness (QED) is 0.631. The number of terminal acetylenes is 1. The van der Waals surface area contributed by atoms with Crippen molar-refractivity contribution in [2.24, 2.45) is 5.92 Å². The lowest BCUT2D eigenvalue weighted by Crippen LogP contribution is -2.30. The highest BCUT2D eigenvalue weighted by Gasteiger charge is 2.44. The molecule has 1 amide bonds. The molecule has 1 fully saturated rings. The lowest BCUT2D eigenvalue weighted by molar-refractivity contribution is -0.133. The summed E-state index contributed by atoms with van der Waals surface area (Å²) in [5, 5.41) is 0. The topological polar surface area (TPSA) is 54.5 Å². The molecule has 2 unspecified atom stereocenters. The molecule has 4 heteroatoms. The summed E-state index contributed by atoms with van der Waals surface area (Å²) in [6.07, 6.45) is 5.38. The predicted octanol–water partition coefficient (Wildman–Crippen LogP) is 2.34. The van der Waals surface area contributed by atoms with E-state index in [1.54, 1.807) is 7.05 Å². The Balaban J connectivity index is 2.24. The van der Waals surface area contributed by atoms with Gasteiger partial charge in [-0.05, 0) is 37.5 Å². The van der Waals surface area contributed by atoms with E-state index in [0.29, 0.717) is 0 Å². The van der Waals surface area contributed by atoms with Crippen LogP contribution in [0, 0.1) is 39.0 Å². The zero-order valence-corrected chi connectivity index (χ0v) is 14.7. The molecule has 2 atom stereocenters. The lowest BCUT2D eigenvalue weighted by atomic mass is 9.86. The normalized spacial score (nSPS) is 20.1. The zero-order valence-electron chi connectivity index (χ0n) is 14.7. The van der Waals surface area contributed by atoms with E-state index in [0.717, 1.165) is 22.3 Å². The fourth-order valence-corrected chi connectivity index (χ4v) is 3.57. The molecule has 126 valence electrons. The Morgan fingerprint density at radius 1 is 1.25 bits per heavy atom. The van der Waals surface area contributed by atoms with Gasteiger partial charge >= 0.3 is 0 Å². The molecule has 1 aliphatic rings. The maximum atomic E-state index is 12.8. The summed E-state index contributed by atoms with van der Waals surface area (Å²) in [5.74, 6) is 0.692. The molecule has 0 radical (unpaired) electrons. The Morgan fingerprint density at radius 3 is 2.38 bits per heavy atom. The molecule has 0 N–H and O–H groups in total. The zero-order chi connectivity index (χ0) is 18.0. The highest BCUT2D eigenvalue weighted by atomic mass is 16.2. The highest BCUT2D eigenvalue weighted by molar-refractivity contribution is 6.15. The van der Waals surface area contributed by atoms with Crippen molar-refractivity contribution in [1.82, 2.24) is 4.90 Å². The van der Waals surface area contributed by atoms with Crippen LogP contribution >= 0.6 is 0 Å². The van der Waals surface area contributed by atoms with Crippen LogP contribution in [0.5, 0.6) is 0 Å². The average molecular weight is 325 g/mol. The van der Waals surface area contributed by atoms with Gasteiger partial charge in [0.15, 0.2) is 5.78 Å². The first kappa shape index (κ1) is 17.9. The van der Waals surface area contributed by atoms with Crippen molar-refractivity contribution in [3.63, 3.8) is 0 Å². The van der Waals surface area contributed by atoms with Crippen molar-refractivity contribution in [2.75, 3.05) is 13.6 Å². The van der Waals surface area contributed by atoms with Crippen LogP contribution in [-0.2, 0) is 14.4 Å². The van der Waals surface area contributed by atoms with E-state index in [4.69, 9.17) is 6.42 Å². The molecular weight excluding hydrogens is 302 g/mol. The van der Waals surface area contributed by atoms with Crippen LogP contribution in [0.2, 0.25) is 0 Å². The molecule has 1 aromatic carbocycles. The van der Waals surface area contributed by atoms with E-state index in [1.807, 2.05) is 32.9 Å². The summed E-state index contributed by atoms with van der Waals surface area (Å²) < 4.78 is 0. The highest BCUT2D eigenvalue weighted by Crippen LogP contribution is 2.37. The molecule has 24 heavy (non-hydrogen) atoms. The first-order chi connectivity index (χ1) is 11.3. The Kier molecular flexibility index (Phi) is 5.23. The Hall–Kier alpha value is -2.41. The lowest BCUT2D eigenvalue weighted by Gasteiger charge is -2.18. The third kappa shape index (κ3) is 3.41. The van der Waals surface area contributed by atoms with E-state index >= 15 is 0 Å². The fraction of sp³-hybridized carbons (Fsp3) is 0.450. The standard InChI is InChI=1S/C20H23NO3/c1-6-7-21(5)17(23)11-15-10-16(22)19(20(15)24)18-13(3)8-12(2)9-14(18)4/h1,8-9,15,19H,7,10-11H2,2-5H3. The maximum absolute atomic E-state index is 12.8. The molecule has 1 aromatic rings. The van der Waals surface area contributed by atoms with Crippen LogP contribution in [0.4, 0.5) is 0 Å². The third-order valence-corrected chi connectivity index (χ3v) is 4.66. The predicted molar refractivity (Wildman–Crippen MR) is 92.6 cm³/mol. The summed E-state index contributed by atoms with van der Waals surface area (Å²) in [7, 11) is 1.61. The minimum absolute atomic E-state index is 0.0449. The Morgan fingerprint density at radius 2 is 1.83 bits per heavy atom. The van der Waals surface area contributed by atoms with E-state index in [-0.39, 0.29) is 36.9 Å². The van der Waals surface area contributed by atoms with Gasteiger partial charge < -0.3 is 4.90 Å². The number of ketones is 2. The summed E-state index contributed by atoms with van der Waals surface area (Å²) in [4.78, 5) is 38.8. The number of Topliss-reactive ketones (excluding diaryl/α,β-unsaturated/α-hetero) is 2. The van der Waals surface area contributed by atoms with Crippen LogP contribution in [0.1, 0.15) is 41.0 Å². The second kappa shape index (κ2) is 7.00. The van der Waals surface area contributed by atoms with Crippen LogP contribution < -0.4 is 0 Å². The number of amides is 1. The molecule has 0 bridgehead atoms. The van der Waals surface area contributed by atoms with Crippen molar-refractivity contribution in [3.8, 4) is 12.3 Å². The van der Waals surface area contributed by atoms with Gasteiger partial charge in [-0.3, -0.25) is 14.4 Å². The van der Waals surface area contributed by atoms with Crippen LogP contribution in [-0.4, -0.2) is 36.0 Å². The molecule has 0 spiro atoms. The smallest absolute Gasteiger partial charge is 0.223 e. The van der Waals surface area contributed by atoms with Crippen LogP contribution in [0.25, 0.3) is 0 Å². The van der Waals surface area contributed by atoms with Gasteiger partial charge in [0.05, 0.1) is 6.54 Å². The number of hydrogen-bond donors (Lipinski definition) is 0. The van der Waals surface area contributed by atoms with E-state index in [1.165, 1.54) is 4.90 Å². The first-order valence-electron chi connectivity index (χ1n) is 8.07. The molecule has 1 aliphatic carbocycles. The Bertz CT molecular complexity index is 719. The number of carbonyl (C=O) groups is 3. The van der Waals surface area contributed by atoms with Crippen molar-refractivity contribution in [3.05, 3.63) is 34.4 Å². The van der Waals surface area contributed by atoms with Gasteiger partial charge in [-0.2, -0.15) is 0 Å². The molecule has 2 rings (SSSR count).